The molecule has 0 heterocycles. The van der Waals surface area contributed by atoms with Gasteiger partial charge in [0.15, 0.2) is 0 Å². The molecule has 16 heavy (non-hydrogen) atoms. The predicted octanol–water partition coefficient (Wildman–Crippen LogP) is 2.91. The normalized spacial score (nSPS) is 18.9. The molecule has 88 valence electrons. The number of hydrogen-bond acceptors (Lipinski definition) is 2. The zero-order valence-corrected chi connectivity index (χ0v) is 10.1. The van der Waals surface area contributed by atoms with Gasteiger partial charge in [0.05, 0.1) is 12.6 Å². The Hall–Kier alpha value is -0.570. The number of nitrogens with one attached hydrogen (secondary N) is 1. The molecular formula is C13H18ClNO. The largest absolute Gasteiger partial charge is 0.394 e. The molecule has 1 aliphatic carbocycles. The van der Waals surface area contributed by atoms with E-state index in [0.717, 1.165) is 10.6 Å². The minimum Gasteiger partial charge on any atom is -0.394 e. The SMILES string of the molecule is OCC(NC1CCCC1)c1cccc(Cl)c1. The third kappa shape index (κ3) is 2.97. The van der Waals surface area contributed by atoms with Crippen molar-refractivity contribution in [1.82, 2.24) is 5.32 Å². The molecule has 2 N–H and O–H groups in total. The van der Waals surface area contributed by atoms with Gasteiger partial charge in [-0.25, -0.2) is 0 Å². The Kier molecular flexibility index (Phi) is 4.22. The van der Waals surface area contributed by atoms with E-state index in [1.54, 1.807) is 0 Å². The summed E-state index contributed by atoms with van der Waals surface area (Å²) in [4.78, 5) is 0. The van der Waals surface area contributed by atoms with Crippen LogP contribution in [0.1, 0.15) is 37.3 Å². The molecule has 0 bridgehead atoms. The monoisotopic (exact) mass is 239 g/mol. The summed E-state index contributed by atoms with van der Waals surface area (Å²) in [5.41, 5.74) is 1.07. The standard InChI is InChI=1S/C13H18ClNO/c14-11-5-3-4-10(8-11)13(9-16)15-12-6-1-2-7-12/h3-5,8,12-13,15-16H,1-2,6-7,9H2. The van der Waals surface area contributed by atoms with Gasteiger partial charge in [-0.05, 0) is 30.5 Å². The molecule has 2 nitrogen and oxygen atoms in total. The molecule has 1 unspecified atom stereocenters. The molecule has 0 saturated heterocycles. The molecule has 0 radical (unpaired) electrons. The number of benzene rings is 1. The highest BCUT2D eigenvalue weighted by Crippen LogP contribution is 2.23. The Labute approximate surface area is 102 Å². The van der Waals surface area contributed by atoms with Crippen molar-refractivity contribution in [1.29, 1.82) is 0 Å². The Morgan fingerprint density at radius 2 is 2.12 bits per heavy atom. The molecule has 1 aromatic carbocycles. The van der Waals surface area contributed by atoms with Gasteiger partial charge in [-0.15, -0.1) is 0 Å². The molecule has 1 aromatic rings. The van der Waals surface area contributed by atoms with E-state index in [9.17, 15) is 5.11 Å². The van der Waals surface area contributed by atoms with Gasteiger partial charge in [0.2, 0.25) is 0 Å². The topological polar surface area (TPSA) is 32.3 Å². The van der Waals surface area contributed by atoms with Crippen LogP contribution in [0.25, 0.3) is 0 Å². The van der Waals surface area contributed by atoms with E-state index in [1.165, 1.54) is 25.7 Å². The molecule has 0 aliphatic heterocycles. The fourth-order valence-corrected chi connectivity index (χ4v) is 2.55. The molecule has 1 aliphatic rings. The maximum atomic E-state index is 9.43. The smallest absolute Gasteiger partial charge is 0.0626 e. The summed E-state index contributed by atoms with van der Waals surface area (Å²) in [6.07, 6.45) is 5.03. The zero-order chi connectivity index (χ0) is 11.4. The van der Waals surface area contributed by atoms with Crippen molar-refractivity contribution in [3.63, 3.8) is 0 Å². The van der Waals surface area contributed by atoms with Gasteiger partial charge in [-0.2, -0.15) is 0 Å². The summed E-state index contributed by atoms with van der Waals surface area (Å²) in [7, 11) is 0. The van der Waals surface area contributed by atoms with Crippen LogP contribution in [0.3, 0.4) is 0 Å². The number of aliphatic hydroxyl groups excluding tert-OH is 1. The van der Waals surface area contributed by atoms with Crippen molar-refractivity contribution in [2.24, 2.45) is 0 Å². The first-order valence-corrected chi connectivity index (χ1v) is 6.30. The van der Waals surface area contributed by atoms with Crippen LogP contribution in [0.2, 0.25) is 5.02 Å². The fraction of sp³-hybridized carbons (Fsp3) is 0.538. The third-order valence-corrected chi connectivity index (χ3v) is 3.46. The highest BCUT2D eigenvalue weighted by atomic mass is 35.5. The molecule has 0 amide bonds. The van der Waals surface area contributed by atoms with Crippen LogP contribution in [-0.4, -0.2) is 17.8 Å². The number of rotatable bonds is 4. The van der Waals surface area contributed by atoms with Crippen molar-refractivity contribution in [2.45, 2.75) is 37.8 Å². The van der Waals surface area contributed by atoms with Gasteiger partial charge in [0.1, 0.15) is 0 Å². The predicted molar refractivity (Wildman–Crippen MR) is 66.7 cm³/mol. The average molecular weight is 240 g/mol. The van der Waals surface area contributed by atoms with Gasteiger partial charge >= 0.3 is 0 Å². The Bertz CT molecular complexity index is 336. The van der Waals surface area contributed by atoms with Gasteiger partial charge in [0, 0.05) is 11.1 Å². The highest BCUT2D eigenvalue weighted by Gasteiger charge is 2.19. The molecule has 3 heteroatoms. The van der Waals surface area contributed by atoms with Crippen LogP contribution in [0.4, 0.5) is 0 Å². The van der Waals surface area contributed by atoms with Crippen molar-refractivity contribution in [3.05, 3.63) is 34.9 Å². The first-order chi connectivity index (χ1) is 7.79. The molecule has 1 atom stereocenters. The highest BCUT2D eigenvalue weighted by molar-refractivity contribution is 6.30. The maximum Gasteiger partial charge on any atom is 0.0626 e. The lowest BCUT2D eigenvalue weighted by Crippen LogP contribution is -2.32. The summed E-state index contributed by atoms with van der Waals surface area (Å²) >= 11 is 5.95. The van der Waals surface area contributed by atoms with Crippen LogP contribution < -0.4 is 5.32 Å². The lowest BCUT2D eigenvalue weighted by Gasteiger charge is -2.21. The first-order valence-electron chi connectivity index (χ1n) is 5.92. The zero-order valence-electron chi connectivity index (χ0n) is 9.32. The summed E-state index contributed by atoms with van der Waals surface area (Å²) in [6, 6.07) is 8.28. The second-order valence-corrected chi connectivity index (χ2v) is 4.87. The fourth-order valence-electron chi connectivity index (χ4n) is 2.35. The van der Waals surface area contributed by atoms with Crippen LogP contribution >= 0.6 is 11.6 Å². The molecule has 1 saturated carbocycles. The number of aliphatic hydroxyl groups is 1. The molecule has 1 fully saturated rings. The molecule has 0 spiro atoms. The molecule has 0 aromatic heterocycles. The van der Waals surface area contributed by atoms with Crippen LogP contribution in [-0.2, 0) is 0 Å². The molecular weight excluding hydrogens is 222 g/mol. The van der Waals surface area contributed by atoms with E-state index in [2.05, 4.69) is 5.32 Å². The van der Waals surface area contributed by atoms with E-state index in [-0.39, 0.29) is 12.6 Å². The van der Waals surface area contributed by atoms with Crippen molar-refractivity contribution in [2.75, 3.05) is 6.61 Å². The van der Waals surface area contributed by atoms with Gasteiger partial charge in [-0.3, -0.25) is 0 Å². The summed E-state index contributed by atoms with van der Waals surface area (Å²) in [5, 5.41) is 13.7. The maximum absolute atomic E-state index is 9.43. The quantitative estimate of drug-likeness (QED) is 0.847. The van der Waals surface area contributed by atoms with Gasteiger partial charge in [0.25, 0.3) is 0 Å². The molecule has 2 rings (SSSR count). The van der Waals surface area contributed by atoms with Gasteiger partial charge < -0.3 is 10.4 Å². The van der Waals surface area contributed by atoms with Crippen molar-refractivity contribution in [3.8, 4) is 0 Å². The van der Waals surface area contributed by atoms with Crippen LogP contribution in [0.15, 0.2) is 24.3 Å². The second kappa shape index (κ2) is 5.67. The summed E-state index contributed by atoms with van der Waals surface area (Å²) in [6.45, 7) is 0.122. The van der Waals surface area contributed by atoms with E-state index in [4.69, 9.17) is 11.6 Å². The lowest BCUT2D eigenvalue weighted by molar-refractivity contribution is 0.233. The van der Waals surface area contributed by atoms with Crippen LogP contribution in [0, 0.1) is 0 Å². The Balaban J connectivity index is 2.03. The summed E-state index contributed by atoms with van der Waals surface area (Å²) in [5.74, 6) is 0. The minimum absolute atomic E-state index is 0.0156. The average Bonchev–Trinajstić information content (AvgIpc) is 2.78. The number of halogens is 1. The van der Waals surface area contributed by atoms with Crippen molar-refractivity contribution >= 4 is 11.6 Å². The second-order valence-electron chi connectivity index (χ2n) is 4.44. The van der Waals surface area contributed by atoms with E-state index in [1.807, 2.05) is 24.3 Å². The van der Waals surface area contributed by atoms with Crippen LogP contribution in [0.5, 0.6) is 0 Å². The Morgan fingerprint density at radius 3 is 2.75 bits per heavy atom. The first kappa shape index (κ1) is 11.9. The van der Waals surface area contributed by atoms with Crippen molar-refractivity contribution < 1.29 is 5.11 Å². The lowest BCUT2D eigenvalue weighted by atomic mass is 10.1. The van der Waals surface area contributed by atoms with E-state index < -0.39 is 0 Å². The summed E-state index contributed by atoms with van der Waals surface area (Å²) < 4.78 is 0. The number of hydrogen-bond donors (Lipinski definition) is 2. The van der Waals surface area contributed by atoms with E-state index >= 15 is 0 Å². The third-order valence-electron chi connectivity index (χ3n) is 3.23. The van der Waals surface area contributed by atoms with Gasteiger partial charge in [-0.1, -0.05) is 36.6 Å². The van der Waals surface area contributed by atoms with E-state index in [0.29, 0.717) is 6.04 Å². The minimum atomic E-state index is 0.0156. The Morgan fingerprint density at radius 1 is 1.38 bits per heavy atom.